The van der Waals surface area contributed by atoms with Crippen LogP contribution < -0.4 is 10.1 Å². The molecular formula is C36H39F3N8O3. The first kappa shape index (κ1) is 33.5. The van der Waals surface area contributed by atoms with E-state index in [2.05, 4.69) is 30.3 Å². The molecule has 5 aromatic rings. The summed E-state index contributed by atoms with van der Waals surface area (Å²) in [5, 5.41) is 19.5. The van der Waals surface area contributed by atoms with Crippen molar-refractivity contribution in [1.82, 2.24) is 34.5 Å². The Morgan fingerprint density at radius 2 is 2.02 bits per heavy atom. The van der Waals surface area contributed by atoms with Crippen molar-refractivity contribution in [2.45, 2.75) is 57.3 Å². The van der Waals surface area contributed by atoms with Gasteiger partial charge in [0, 0.05) is 45.9 Å². The summed E-state index contributed by atoms with van der Waals surface area (Å²) in [5.74, 6) is -1.42. The SMILES string of the molecule is CCc1c(F)ccc2cc(O)cc(-c3ncc4c(N[C@H](C)c5cc(C(=O)N(C)C)nn5C)nc(OC[C@@]56CCCN5C[C@H](F)C6)nc4c3F)c12. The standard InChI is InChI=1S/C36H39F3N8O3/c1-6-23-26(38)9-8-20-12-22(48)13-24(29(20)23)31-30(39)32-25(16-40-31)33(41-19(2)28-14-27(44-46(28)5)34(49)45(3)4)43-35(42-32)50-18-36-10-7-11-47(36)17-21(37)15-36/h8-9,12-14,16,19,21,48H,6-7,10-11,15,17-18H2,1-5H3,(H,41,42,43)/t19-,21-,36+/m1/s1. The molecule has 2 aliphatic heterocycles. The number of pyridine rings is 1. The number of carbonyl (C=O) groups is 1. The van der Waals surface area contributed by atoms with E-state index in [0.29, 0.717) is 41.4 Å². The average molecular weight is 689 g/mol. The zero-order chi connectivity index (χ0) is 35.5. The Morgan fingerprint density at radius 1 is 1.22 bits per heavy atom. The molecule has 2 N–H and O–H groups in total. The molecule has 0 bridgehead atoms. The Balaban J connectivity index is 1.34. The van der Waals surface area contributed by atoms with E-state index in [1.165, 1.54) is 35.4 Å². The van der Waals surface area contributed by atoms with Crippen molar-refractivity contribution in [3.63, 3.8) is 0 Å². The quantitative estimate of drug-likeness (QED) is 0.193. The second kappa shape index (κ2) is 12.7. The first-order valence-corrected chi connectivity index (χ1v) is 16.7. The van der Waals surface area contributed by atoms with Crippen molar-refractivity contribution in [2.24, 2.45) is 7.05 Å². The minimum atomic E-state index is -0.960. The summed E-state index contributed by atoms with van der Waals surface area (Å²) in [6, 6.07) is 6.83. The van der Waals surface area contributed by atoms with Gasteiger partial charge in [-0.05, 0) is 73.3 Å². The fourth-order valence-electron chi connectivity index (χ4n) is 7.58. The number of hydrogen-bond donors (Lipinski definition) is 2. The predicted octanol–water partition coefficient (Wildman–Crippen LogP) is 5.95. The summed E-state index contributed by atoms with van der Waals surface area (Å²) >= 11 is 0. The van der Waals surface area contributed by atoms with E-state index in [9.17, 15) is 14.3 Å². The monoisotopic (exact) mass is 688 g/mol. The van der Waals surface area contributed by atoms with Crippen LogP contribution in [0.4, 0.5) is 19.0 Å². The number of benzene rings is 2. The third kappa shape index (κ3) is 5.74. The predicted molar refractivity (Wildman–Crippen MR) is 183 cm³/mol. The maximum atomic E-state index is 16.9. The molecule has 50 heavy (non-hydrogen) atoms. The van der Waals surface area contributed by atoms with E-state index in [0.717, 1.165) is 19.4 Å². The number of ether oxygens (including phenoxy) is 1. The van der Waals surface area contributed by atoms with Crippen LogP contribution in [0.3, 0.4) is 0 Å². The van der Waals surface area contributed by atoms with Crippen LogP contribution in [0.25, 0.3) is 32.9 Å². The van der Waals surface area contributed by atoms with Crippen molar-refractivity contribution in [1.29, 1.82) is 0 Å². The van der Waals surface area contributed by atoms with E-state index < -0.39 is 29.4 Å². The molecule has 11 nitrogen and oxygen atoms in total. The number of aryl methyl sites for hydroxylation is 2. The van der Waals surface area contributed by atoms with Crippen LogP contribution in [0.2, 0.25) is 0 Å². The lowest BCUT2D eigenvalue weighted by Gasteiger charge is -2.30. The van der Waals surface area contributed by atoms with Gasteiger partial charge >= 0.3 is 6.01 Å². The van der Waals surface area contributed by atoms with Gasteiger partial charge in [-0.25, -0.2) is 13.2 Å². The highest BCUT2D eigenvalue weighted by Gasteiger charge is 2.49. The van der Waals surface area contributed by atoms with Crippen molar-refractivity contribution in [2.75, 3.05) is 39.1 Å². The Hall–Kier alpha value is -4.98. The van der Waals surface area contributed by atoms with Crippen LogP contribution >= 0.6 is 0 Å². The molecule has 14 heteroatoms. The zero-order valence-electron chi connectivity index (χ0n) is 28.6. The number of anilines is 1. The summed E-state index contributed by atoms with van der Waals surface area (Å²) < 4.78 is 54.2. The Bertz CT molecular complexity index is 2140. The van der Waals surface area contributed by atoms with E-state index in [1.807, 2.05) is 6.92 Å². The highest BCUT2D eigenvalue weighted by atomic mass is 19.1. The number of nitrogens with zero attached hydrogens (tertiary/aromatic N) is 7. The van der Waals surface area contributed by atoms with Crippen molar-refractivity contribution < 1.29 is 27.8 Å². The van der Waals surface area contributed by atoms with Crippen LogP contribution in [0, 0.1) is 11.6 Å². The Labute approximate surface area is 287 Å². The van der Waals surface area contributed by atoms with Gasteiger partial charge in [-0.2, -0.15) is 15.1 Å². The number of phenolic OH excluding ortho intramolecular Hbond substituents is 1. The molecule has 2 aliphatic rings. The van der Waals surface area contributed by atoms with E-state index >= 15 is 8.78 Å². The fourth-order valence-corrected chi connectivity index (χ4v) is 7.58. The molecule has 262 valence electrons. The summed E-state index contributed by atoms with van der Waals surface area (Å²) in [6.07, 6.45) is 2.82. The van der Waals surface area contributed by atoms with Gasteiger partial charge in [0.25, 0.3) is 5.91 Å². The highest BCUT2D eigenvalue weighted by Crippen LogP contribution is 2.42. The lowest BCUT2D eigenvalue weighted by Crippen LogP contribution is -2.43. The Kier molecular flexibility index (Phi) is 8.53. The van der Waals surface area contributed by atoms with Gasteiger partial charge in [0.15, 0.2) is 11.5 Å². The average Bonchev–Trinajstić information content (AvgIpc) is 3.75. The first-order valence-electron chi connectivity index (χ1n) is 16.7. The number of aromatic hydroxyl groups is 1. The van der Waals surface area contributed by atoms with Crippen LogP contribution in [0.1, 0.15) is 60.9 Å². The minimum absolute atomic E-state index is 0.107. The normalized spacial score (nSPS) is 19.6. The molecule has 3 aromatic heterocycles. The number of alkyl halides is 1. The van der Waals surface area contributed by atoms with Crippen molar-refractivity contribution in [3.8, 4) is 23.0 Å². The topological polar surface area (TPSA) is 122 Å². The molecule has 0 spiro atoms. The van der Waals surface area contributed by atoms with Gasteiger partial charge in [0.05, 0.1) is 22.7 Å². The van der Waals surface area contributed by atoms with E-state index in [-0.39, 0.29) is 57.9 Å². The van der Waals surface area contributed by atoms with Crippen LogP contribution in [-0.2, 0) is 13.5 Å². The van der Waals surface area contributed by atoms with Crippen molar-refractivity contribution >= 4 is 33.4 Å². The molecule has 0 saturated carbocycles. The number of phenols is 1. The summed E-state index contributed by atoms with van der Waals surface area (Å²) in [7, 11) is 5.01. The van der Waals surface area contributed by atoms with Gasteiger partial charge in [-0.3, -0.25) is 19.4 Å². The number of halogens is 3. The number of rotatable bonds is 9. The summed E-state index contributed by atoms with van der Waals surface area (Å²) in [6.45, 7) is 4.90. The summed E-state index contributed by atoms with van der Waals surface area (Å²) in [5.41, 5.74) is 0.782. The lowest BCUT2D eigenvalue weighted by molar-refractivity contribution is 0.0821. The highest BCUT2D eigenvalue weighted by molar-refractivity contribution is 6.01. The second-order valence-electron chi connectivity index (χ2n) is 13.5. The fraction of sp³-hybridized carbons (Fsp3) is 0.417. The molecule has 0 radical (unpaired) electrons. The number of aromatic nitrogens is 5. The zero-order valence-corrected chi connectivity index (χ0v) is 28.6. The number of carbonyl (C=O) groups excluding carboxylic acids is 1. The van der Waals surface area contributed by atoms with Crippen LogP contribution in [-0.4, -0.2) is 91.0 Å². The lowest BCUT2D eigenvalue weighted by atomic mass is 9.94. The third-order valence-corrected chi connectivity index (χ3v) is 9.99. The third-order valence-electron chi connectivity index (χ3n) is 9.99. The molecule has 2 fully saturated rings. The number of amides is 1. The molecule has 1 amide bonds. The number of nitrogens with one attached hydrogen (secondary N) is 1. The molecule has 3 atom stereocenters. The smallest absolute Gasteiger partial charge is 0.319 e. The Morgan fingerprint density at radius 3 is 2.78 bits per heavy atom. The number of hydrogen-bond acceptors (Lipinski definition) is 9. The van der Waals surface area contributed by atoms with Gasteiger partial charge in [-0.1, -0.05) is 13.0 Å². The number of fused-ring (bicyclic) bond motifs is 3. The molecule has 2 saturated heterocycles. The maximum Gasteiger partial charge on any atom is 0.319 e. The van der Waals surface area contributed by atoms with Crippen LogP contribution in [0.5, 0.6) is 11.8 Å². The van der Waals surface area contributed by atoms with Gasteiger partial charge in [-0.15, -0.1) is 0 Å². The summed E-state index contributed by atoms with van der Waals surface area (Å²) in [4.78, 5) is 29.8. The van der Waals surface area contributed by atoms with Gasteiger partial charge in [0.1, 0.15) is 41.4 Å². The molecule has 2 aromatic carbocycles. The molecule has 5 heterocycles. The van der Waals surface area contributed by atoms with E-state index in [4.69, 9.17) is 4.74 Å². The van der Waals surface area contributed by atoms with Gasteiger partial charge < -0.3 is 20.1 Å². The minimum Gasteiger partial charge on any atom is -0.508 e. The molecule has 7 rings (SSSR count). The second-order valence-corrected chi connectivity index (χ2v) is 13.5. The maximum absolute atomic E-state index is 16.9. The van der Waals surface area contributed by atoms with Crippen molar-refractivity contribution in [3.05, 3.63) is 65.1 Å². The molecular weight excluding hydrogens is 649 g/mol. The molecule has 0 unspecified atom stereocenters. The molecule has 0 aliphatic carbocycles. The van der Waals surface area contributed by atoms with Crippen LogP contribution in [0.15, 0.2) is 36.5 Å². The van der Waals surface area contributed by atoms with Gasteiger partial charge in [0.2, 0.25) is 0 Å². The first-order chi connectivity index (χ1) is 23.9. The van der Waals surface area contributed by atoms with E-state index in [1.54, 1.807) is 38.8 Å². The largest absolute Gasteiger partial charge is 0.508 e.